The number of aromatic nitrogens is 1. The number of thiophene rings is 1. The van der Waals surface area contributed by atoms with Crippen molar-refractivity contribution in [1.29, 1.82) is 0 Å². The molecule has 3 rings (SSSR count). The number of nitrogens with zero attached hydrogens (tertiary/aromatic N) is 1. The van der Waals surface area contributed by atoms with Gasteiger partial charge in [-0.15, -0.1) is 22.7 Å². The molecular weight excluding hydrogens is 302 g/mol. The monoisotopic (exact) mass is 321 g/mol. The Bertz CT molecular complexity index is 600. The lowest BCUT2D eigenvalue weighted by Gasteiger charge is -2.34. The molecule has 3 heterocycles. The molecule has 0 aliphatic carbocycles. The summed E-state index contributed by atoms with van der Waals surface area (Å²) in [7, 11) is 0. The van der Waals surface area contributed by atoms with Crippen LogP contribution < -0.4 is 10.6 Å². The number of hydrogen-bond donors (Lipinski definition) is 2. The van der Waals surface area contributed by atoms with Crippen molar-refractivity contribution in [2.75, 3.05) is 19.6 Å². The zero-order valence-corrected chi connectivity index (χ0v) is 13.6. The standard InChI is InChI=1S/C15H19N3OS2/c1-15(4-6-16-7-5-15)10-17-13(19)11-9-21-14(18-11)12-3-2-8-20-12/h2-3,8-9,16H,4-7,10H2,1H3,(H,17,19). The van der Waals surface area contributed by atoms with Gasteiger partial charge < -0.3 is 10.6 Å². The van der Waals surface area contributed by atoms with E-state index >= 15 is 0 Å². The molecule has 0 atom stereocenters. The molecule has 112 valence electrons. The van der Waals surface area contributed by atoms with Crippen molar-refractivity contribution >= 4 is 28.6 Å². The van der Waals surface area contributed by atoms with Gasteiger partial charge in [0.05, 0.1) is 4.88 Å². The van der Waals surface area contributed by atoms with Crippen LogP contribution in [0, 0.1) is 5.41 Å². The Kier molecular flexibility index (Phi) is 4.37. The van der Waals surface area contributed by atoms with Crippen LogP contribution in [0.4, 0.5) is 0 Å². The largest absolute Gasteiger partial charge is 0.350 e. The normalized spacial score (nSPS) is 17.6. The summed E-state index contributed by atoms with van der Waals surface area (Å²) in [6, 6.07) is 4.03. The molecule has 1 amide bonds. The molecule has 1 saturated heterocycles. The van der Waals surface area contributed by atoms with Crippen LogP contribution in [0.15, 0.2) is 22.9 Å². The van der Waals surface area contributed by atoms with Crippen LogP contribution in [0.5, 0.6) is 0 Å². The first kappa shape index (κ1) is 14.7. The molecule has 0 saturated carbocycles. The first-order valence-corrected chi connectivity index (χ1v) is 8.91. The Morgan fingerprint density at radius 1 is 1.43 bits per heavy atom. The minimum absolute atomic E-state index is 0.0613. The van der Waals surface area contributed by atoms with Gasteiger partial charge in [-0.25, -0.2) is 4.98 Å². The highest BCUT2D eigenvalue weighted by Gasteiger charge is 2.27. The second kappa shape index (κ2) is 6.25. The topological polar surface area (TPSA) is 54.0 Å². The molecule has 1 aliphatic rings. The molecule has 0 spiro atoms. The molecule has 21 heavy (non-hydrogen) atoms. The maximum atomic E-state index is 12.2. The van der Waals surface area contributed by atoms with E-state index in [9.17, 15) is 4.79 Å². The van der Waals surface area contributed by atoms with E-state index in [1.165, 1.54) is 11.3 Å². The summed E-state index contributed by atoms with van der Waals surface area (Å²) in [4.78, 5) is 17.8. The number of thiazole rings is 1. The van der Waals surface area contributed by atoms with Gasteiger partial charge in [-0.3, -0.25) is 4.79 Å². The number of nitrogens with one attached hydrogen (secondary N) is 2. The zero-order chi connectivity index (χ0) is 14.7. The maximum absolute atomic E-state index is 12.2. The van der Waals surface area contributed by atoms with Crippen molar-refractivity contribution in [3.8, 4) is 9.88 Å². The number of carbonyl (C=O) groups is 1. The van der Waals surface area contributed by atoms with Crippen LogP contribution in [0.2, 0.25) is 0 Å². The smallest absolute Gasteiger partial charge is 0.270 e. The summed E-state index contributed by atoms with van der Waals surface area (Å²) in [5.74, 6) is -0.0613. The fourth-order valence-corrected chi connectivity index (χ4v) is 4.10. The van der Waals surface area contributed by atoms with Gasteiger partial charge >= 0.3 is 0 Å². The van der Waals surface area contributed by atoms with Gasteiger partial charge in [-0.05, 0) is 42.8 Å². The number of amides is 1. The van der Waals surface area contributed by atoms with E-state index in [-0.39, 0.29) is 11.3 Å². The van der Waals surface area contributed by atoms with E-state index in [1.54, 1.807) is 11.3 Å². The Morgan fingerprint density at radius 2 is 2.24 bits per heavy atom. The quantitative estimate of drug-likeness (QED) is 0.910. The summed E-state index contributed by atoms with van der Waals surface area (Å²) in [6.07, 6.45) is 2.20. The van der Waals surface area contributed by atoms with Gasteiger partial charge in [0.25, 0.3) is 5.91 Å². The molecule has 6 heteroatoms. The Balaban J connectivity index is 1.61. The van der Waals surface area contributed by atoms with Gasteiger partial charge in [-0.1, -0.05) is 13.0 Å². The van der Waals surface area contributed by atoms with Gasteiger partial charge in [0.2, 0.25) is 0 Å². The van der Waals surface area contributed by atoms with Crippen LogP contribution in [-0.4, -0.2) is 30.5 Å². The van der Waals surface area contributed by atoms with Crippen LogP contribution in [0.3, 0.4) is 0 Å². The Labute approximate surface area is 132 Å². The van der Waals surface area contributed by atoms with Crippen LogP contribution in [-0.2, 0) is 0 Å². The zero-order valence-electron chi connectivity index (χ0n) is 12.0. The molecule has 1 fully saturated rings. The predicted octanol–water partition coefficient (Wildman–Crippen LogP) is 2.99. The molecular formula is C15H19N3OS2. The van der Waals surface area contributed by atoms with E-state index in [1.807, 2.05) is 22.9 Å². The van der Waals surface area contributed by atoms with Gasteiger partial charge in [0.1, 0.15) is 10.7 Å². The predicted molar refractivity (Wildman–Crippen MR) is 88.0 cm³/mol. The van der Waals surface area contributed by atoms with E-state index in [4.69, 9.17) is 0 Å². The van der Waals surface area contributed by atoms with Crippen molar-refractivity contribution in [2.24, 2.45) is 5.41 Å². The third-order valence-electron chi connectivity index (χ3n) is 3.96. The van der Waals surface area contributed by atoms with E-state index in [2.05, 4.69) is 22.5 Å². The van der Waals surface area contributed by atoms with E-state index < -0.39 is 0 Å². The summed E-state index contributed by atoms with van der Waals surface area (Å²) in [5.41, 5.74) is 0.731. The number of piperidine rings is 1. The summed E-state index contributed by atoms with van der Waals surface area (Å²) in [6.45, 7) is 5.03. The fourth-order valence-electron chi connectivity index (χ4n) is 2.48. The molecule has 0 aromatic carbocycles. The maximum Gasteiger partial charge on any atom is 0.270 e. The summed E-state index contributed by atoms with van der Waals surface area (Å²) in [5, 5.41) is 11.2. The molecule has 2 N–H and O–H groups in total. The lowest BCUT2D eigenvalue weighted by molar-refractivity contribution is 0.0918. The molecule has 4 nitrogen and oxygen atoms in total. The Morgan fingerprint density at radius 3 is 2.95 bits per heavy atom. The third kappa shape index (κ3) is 3.51. The summed E-state index contributed by atoms with van der Waals surface area (Å²) < 4.78 is 0. The van der Waals surface area contributed by atoms with Crippen molar-refractivity contribution in [2.45, 2.75) is 19.8 Å². The second-order valence-electron chi connectivity index (χ2n) is 5.76. The van der Waals surface area contributed by atoms with Crippen LogP contribution >= 0.6 is 22.7 Å². The molecule has 1 aliphatic heterocycles. The van der Waals surface area contributed by atoms with E-state index in [0.29, 0.717) is 5.69 Å². The number of carbonyl (C=O) groups excluding carboxylic acids is 1. The molecule has 0 radical (unpaired) electrons. The van der Waals surface area contributed by atoms with Crippen LogP contribution in [0.25, 0.3) is 9.88 Å². The number of rotatable bonds is 4. The van der Waals surface area contributed by atoms with Crippen molar-refractivity contribution in [1.82, 2.24) is 15.6 Å². The molecule has 2 aromatic heterocycles. The third-order valence-corrected chi connectivity index (χ3v) is 5.84. The minimum atomic E-state index is -0.0613. The molecule has 0 unspecified atom stereocenters. The SMILES string of the molecule is CC1(CNC(=O)c2csc(-c3cccs3)n2)CCNCC1. The highest BCUT2D eigenvalue weighted by molar-refractivity contribution is 7.20. The highest BCUT2D eigenvalue weighted by Crippen LogP contribution is 2.29. The van der Waals surface area contributed by atoms with Gasteiger partial charge in [0.15, 0.2) is 0 Å². The minimum Gasteiger partial charge on any atom is -0.350 e. The van der Waals surface area contributed by atoms with E-state index in [0.717, 1.165) is 42.4 Å². The first-order chi connectivity index (χ1) is 10.2. The average Bonchev–Trinajstić information content (AvgIpc) is 3.16. The second-order valence-corrected chi connectivity index (χ2v) is 7.56. The van der Waals surface area contributed by atoms with Gasteiger partial charge in [-0.2, -0.15) is 0 Å². The van der Waals surface area contributed by atoms with Crippen molar-refractivity contribution in [3.63, 3.8) is 0 Å². The molecule has 2 aromatic rings. The van der Waals surface area contributed by atoms with Gasteiger partial charge in [0, 0.05) is 11.9 Å². The van der Waals surface area contributed by atoms with Crippen molar-refractivity contribution < 1.29 is 4.79 Å². The fraction of sp³-hybridized carbons (Fsp3) is 0.467. The first-order valence-electron chi connectivity index (χ1n) is 7.15. The van der Waals surface area contributed by atoms with Crippen molar-refractivity contribution in [3.05, 3.63) is 28.6 Å². The lowest BCUT2D eigenvalue weighted by Crippen LogP contribution is -2.42. The highest BCUT2D eigenvalue weighted by atomic mass is 32.1. The summed E-state index contributed by atoms with van der Waals surface area (Å²) >= 11 is 3.17. The average molecular weight is 321 g/mol. The lowest BCUT2D eigenvalue weighted by atomic mass is 9.81. The molecule has 0 bridgehead atoms. The number of hydrogen-bond acceptors (Lipinski definition) is 5. The Hall–Kier alpha value is -1.24. The van der Waals surface area contributed by atoms with Crippen LogP contribution in [0.1, 0.15) is 30.3 Å².